The highest BCUT2D eigenvalue weighted by atomic mass is 35.5. The summed E-state index contributed by atoms with van der Waals surface area (Å²) in [5, 5.41) is 2.99. The van der Waals surface area contributed by atoms with Crippen molar-refractivity contribution in [1.82, 2.24) is 4.98 Å². The number of aromatic amines is 1. The van der Waals surface area contributed by atoms with Crippen molar-refractivity contribution in [1.29, 1.82) is 0 Å². The predicted octanol–water partition coefficient (Wildman–Crippen LogP) is 6.31. The van der Waals surface area contributed by atoms with Gasteiger partial charge in [-0.2, -0.15) is 3.89 Å². The molecule has 0 aliphatic heterocycles. The van der Waals surface area contributed by atoms with E-state index in [0.29, 0.717) is 16.8 Å². The Balaban J connectivity index is 2.20. The monoisotopic (exact) mass is 470 g/mol. The number of carbonyl (C=O) groups is 1. The Hall–Kier alpha value is -2.35. The molecule has 0 saturated heterocycles. The van der Waals surface area contributed by atoms with Crippen molar-refractivity contribution in [3.63, 3.8) is 0 Å². The molecule has 1 aromatic heterocycles. The van der Waals surface area contributed by atoms with Crippen molar-refractivity contribution in [2.45, 2.75) is 19.3 Å². The first-order chi connectivity index (χ1) is 14.3. The maximum absolute atomic E-state index is 13.3. The number of H-pyrrole nitrogens is 1. The third kappa shape index (κ3) is 7.48. The number of hydrogen-bond acceptors (Lipinski definition) is 3. The van der Waals surface area contributed by atoms with Crippen molar-refractivity contribution in [2.75, 3.05) is 5.32 Å². The number of allylic oxidation sites excluding steroid dienone is 4. The van der Waals surface area contributed by atoms with Crippen LogP contribution in [-0.4, -0.2) is 10.9 Å². The molecular weight excluding hydrogens is 453 g/mol. The van der Waals surface area contributed by atoms with E-state index in [-0.39, 0.29) is 57.8 Å². The van der Waals surface area contributed by atoms with Crippen LogP contribution in [0.15, 0.2) is 75.6 Å². The molecule has 2 rings (SSSR count). The average Bonchev–Trinajstić information content (AvgIpc) is 2.69. The van der Waals surface area contributed by atoms with Crippen LogP contribution in [0.1, 0.15) is 18.4 Å². The minimum atomic E-state index is -0.466. The number of halogens is 4. The van der Waals surface area contributed by atoms with Crippen LogP contribution in [0.4, 0.5) is 14.0 Å². The first-order valence-electron chi connectivity index (χ1n) is 8.75. The van der Waals surface area contributed by atoms with Gasteiger partial charge in [-0.05, 0) is 42.7 Å². The fraction of sp³-hybridized carbons (Fsp3) is 0.143. The maximum Gasteiger partial charge on any atom is 0.249 e. The second-order valence-electron chi connectivity index (χ2n) is 6.20. The molecule has 4 nitrogen and oxygen atoms in total. The van der Waals surface area contributed by atoms with Gasteiger partial charge in [-0.3, -0.25) is 9.59 Å². The molecule has 0 aliphatic carbocycles. The zero-order chi connectivity index (χ0) is 22.1. The Kier molecular flexibility index (Phi) is 9.36. The summed E-state index contributed by atoms with van der Waals surface area (Å²) in [7, 11) is 0. The third-order valence-corrected chi connectivity index (χ3v) is 5.33. The average molecular weight is 471 g/mol. The van der Waals surface area contributed by atoms with Crippen LogP contribution in [0.2, 0.25) is 5.02 Å². The summed E-state index contributed by atoms with van der Waals surface area (Å²) >= 11 is 12.2. The van der Waals surface area contributed by atoms with Gasteiger partial charge in [0.2, 0.25) is 11.5 Å². The zero-order valence-electron chi connectivity index (χ0n) is 15.7. The van der Waals surface area contributed by atoms with Crippen LogP contribution in [0.5, 0.6) is 0 Å². The lowest BCUT2D eigenvalue weighted by Crippen LogP contribution is -2.14. The van der Waals surface area contributed by atoms with Crippen LogP contribution in [0.3, 0.4) is 0 Å². The quantitative estimate of drug-likeness (QED) is 0.422. The van der Waals surface area contributed by atoms with E-state index in [9.17, 15) is 17.9 Å². The molecule has 9 heteroatoms. The normalized spacial score (nSPS) is 12.3. The van der Waals surface area contributed by atoms with Gasteiger partial charge in [-0.1, -0.05) is 47.5 Å². The van der Waals surface area contributed by atoms with Crippen molar-refractivity contribution < 1.29 is 13.1 Å². The lowest BCUT2D eigenvalue weighted by molar-refractivity contribution is -0.116. The molecule has 30 heavy (non-hydrogen) atoms. The fourth-order valence-electron chi connectivity index (χ4n) is 2.56. The summed E-state index contributed by atoms with van der Waals surface area (Å²) in [6.07, 6.45) is 4.90. The minimum absolute atomic E-state index is 0.0435. The topological polar surface area (TPSA) is 62.0 Å². The molecule has 1 heterocycles. The Labute approximate surface area is 187 Å². The second kappa shape index (κ2) is 11.7. The molecule has 0 fully saturated rings. The summed E-state index contributed by atoms with van der Waals surface area (Å²) < 4.78 is 26.3. The summed E-state index contributed by atoms with van der Waals surface area (Å²) in [6, 6.07) is 6.84. The maximum atomic E-state index is 13.3. The Bertz CT molecular complexity index is 1050. The SMILES string of the molecule is C=C/C(SF)=C(Cl)\C=C(/CCC(=O)Nc1cc[nH]c(=O)c1)Cc1ccc(F)cc1Cl. The number of nitrogens with one attached hydrogen (secondary N) is 2. The lowest BCUT2D eigenvalue weighted by atomic mass is 10.00. The van der Waals surface area contributed by atoms with Crippen molar-refractivity contribution in [3.05, 3.63) is 97.5 Å². The van der Waals surface area contributed by atoms with E-state index in [0.717, 1.165) is 0 Å². The molecule has 0 bridgehead atoms. The number of carbonyl (C=O) groups excluding carboxylic acids is 1. The van der Waals surface area contributed by atoms with E-state index in [1.165, 1.54) is 36.5 Å². The number of rotatable bonds is 9. The van der Waals surface area contributed by atoms with Crippen LogP contribution >= 0.6 is 35.3 Å². The van der Waals surface area contributed by atoms with E-state index in [1.54, 1.807) is 12.1 Å². The van der Waals surface area contributed by atoms with E-state index in [2.05, 4.69) is 16.9 Å². The van der Waals surface area contributed by atoms with Gasteiger partial charge in [0.15, 0.2) is 0 Å². The molecule has 0 atom stereocenters. The third-order valence-electron chi connectivity index (χ3n) is 4.00. The number of aromatic nitrogens is 1. The van der Waals surface area contributed by atoms with Gasteiger partial charge in [-0.25, -0.2) is 4.39 Å². The van der Waals surface area contributed by atoms with Crippen molar-refractivity contribution >= 4 is 46.9 Å². The standard InChI is InChI=1S/C21H18Cl2F2N2O2S/c1-2-19(30-25)18(23)10-13(9-14-4-5-15(24)11-17(14)22)3-6-20(28)27-16-7-8-26-21(29)12-16/h2,4-5,7-8,10-12H,1,3,6,9H2,(H2,26,27,28,29)/b13-10+,19-18-. The molecule has 0 unspecified atom stereocenters. The molecule has 1 amide bonds. The van der Waals surface area contributed by atoms with Crippen LogP contribution in [-0.2, 0) is 11.2 Å². The second-order valence-corrected chi connectivity index (χ2v) is 7.61. The largest absolute Gasteiger partial charge is 0.329 e. The van der Waals surface area contributed by atoms with Gasteiger partial charge < -0.3 is 10.3 Å². The number of amides is 1. The summed E-state index contributed by atoms with van der Waals surface area (Å²) in [5.41, 5.74) is 1.35. The smallest absolute Gasteiger partial charge is 0.249 e. The summed E-state index contributed by atoms with van der Waals surface area (Å²) in [6.45, 7) is 3.51. The Morgan fingerprint density at radius 1 is 1.27 bits per heavy atom. The Morgan fingerprint density at radius 2 is 2.03 bits per heavy atom. The number of anilines is 1. The highest BCUT2D eigenvalue weighted by molar-refractivity contribution is 7.98. The van der Waals surface area contributed by atoms with Crippen molar-refractivity contribution in [3.8, 4) is 0 Å². The lowest BCUT2D eigenvalue weighted by Gasteiger charge is -2.11. The molecule has 0 saturated carbocycles. The van der Waals surface area contributed by atoms with Crippen molar-refractivity contribution in [2.24, 2.45) is 0 Å². The van der Waals surface area contributed by atoms with Crippen LogP contribution in [0.25, 0.3) is 0 Å². The van der Waals surface area contributed by atoms with E-state index < -0.39 is 5.82 Å². The van der Waals surface area contributed by atoms with Crippen LogP contribution < -0.4 is 10.9 Å². The van der Waals surface area contributed by atoms with Gasteiger partial charge in [0, 0.05) is 29.4 Å². The van der Waals surface area contributed by atoms with Gasteiger partial charge in [0.05, 0.1) is 22.1 Å². The molecule has 2 aromatic rings. The van der Waals surface area contributed by atoms with Crippen LogP contribution in [0, 0.1) is 5.82 Å². The summed E-state index contributed by atoms with van der Waals surface area (Å²) in [5.74, 6) is -0.784. The highest BCUT2D eigenvalue weighted by Crippen LogP contribution is 2.29. The first-order valence-corrected chi connectivity index (χ1v) is 10.2. The van der Waals surface area contributed by atoms with E-state index in [1.807, 2.05) is 0 Å². The molecular formula is C21H18Cl2F2N2O2S. The fourth-order valence-corrected chi connectivity index (χ4v) is 3.31. The molecule has 0 aliphatic rings. The number of hydrogen-bond donors (Lipinski definition) is 2. The zero-order valence-corrected chi connectivity index (χ0v) is 18.0. The highest BCUT2D eigenvalue weighted by Gasteiger charge is 2.11. The number of benzene rings is 1. The molecule has 0 spiro atoms. The first kappa shape index (κ1) is 23.9. The van der Waals surface area contributed by atoms with Gasteiger partial charge in [-0.15, -0.1) is 0 Å². The minimum Gasteiger partial charge on any atom is -0.329 e. The number of pyridine rings is 1. The van der Waals surface area contributed by atoms with Gasteiger partial charge in [0.25, 0.3) is 0 Å². The van der Waals surface area contributed by atoms with Gasteiger partial charge in [0.1, 0.15) is 5.82 Å². The molecule has 2 N–H and O–H groups in total. The van der Waals surface area contributed by atoms with E-state index >= 15 is 0 Å². The summed E-state index contributed by atoms with van der Waals surface area (Å²) in [4.78, 5) is 26.2. The predicted molar refractivity (Wildman–Crippen MR) is 120 cm³/mol. The van der Waals surface area contributed by atoms with E-state index in [4.69, 9.17) is 23.2 Å². The van der Waals surface area contributed by atoms with Gasteiger partial charge >= 0.3 is 0 Å². The molecule has 1 aromatic carbocycles. The molecule has 158 valence electrons. The molecule has 0 radical (unpaired) electrons. The Morgan fingerprint density at radius 3 is 2.67 bits per heavy atom.